The Labute approximate surface area is 443 Å². The lowest BCUT2D eigenvalue weighted by Crippen LogP contribution is -2.76. The van der Waals surface area contributed by atoms with E-state index in [9.17, 15) is 0 Å². The molecule has 1 aliphatic heterocycles. The van der Waals surface area contributed by atoms with E-state index in [-0.39, 0.29) is 0 Å². The number of hydrogen-bond acceptors (Lipinski definition) is 2. The molecule has 356 valence electrons. The summed E-state index contributed by atoms with van der Waals surface area (Å²) >= 11 is 0. The Kier molecular flexibility index (Phi) is 10.2. The summed E-state index contributed by atoms with van der Waals surface area (Å²) in [4.78, 5) is 11.3. The third-order valence-corrected chi connectivity index (χ3v) is 25.7. The van der Waals surface area contributed by atoms with Crippen LogP contribution >= 0.6 is 0 Å². The van der Waals surface area contributed by atoms with E-state index in [2.05, 4.69) is 300 Å². The van der Waals surface area contributed by atoms with Gasteiger partial charge < -0.3 is 4.57 Å². The van der Waals surface area contributed by atoms with Crippen molar-refractivity contribution in [2.75, 3.05) is 0 Å². The van der Waals surface area contributed by atoms with Crippen molar-refractivity contribution in [2.45, 2.75) is 0 Å². The van der Waals surface area contributed by atoms with Crippen LogP contribution in [0, 0.1) is 0 Å². The molecule has 1 unspecified atom stereocenters. The fourth-order valence-corrected chi connectivity index (χ4v) is 23.0. The van der Waals surface area contributed by atoms with E-state index in [1.165, 1.54) is 79.8 Å². The van der Waals surface area contributed by atoms with Gasteiger partial charge in [-0.05, 0) is 71.8 Å². The zero-order valence-electron chi connectivity index (χ0n) is 41.5. The molecule has 0 saturated heterocycles. The highest BCUT2D eigenvalue weighted by atomic mass is 28.3. The third-order valence-electron chi connectivity index (χ3n) is 16.2. The molecule has 0 spiro atoms. The van der Waals surface area contributed by atoms with E-state index < -0.39 is 16.1 Å². The zero-order valence-corrected chi connectivity index (χ0v) is 43.5. The summed E-state index contributed by atoms with van der Waals surface area (Å²) in [5.41, 5.74) is 9.70. The van der Waals surface area contributed by atoms with Crippen LogP contribution in [0.1, 0.15) is 0 Å². The molecule has 11 aromatic carbocycles. The van der Waals surface area contributed by atoms with E-state index in [0.717, 1.165) is 33.5 Å². The molecule has 14 aromatic rings. The molecule has 6 heteroatoms. The van der Waals surface area contributed by atoms with Gasteiger partial charge in [0.2, 0.25) is 5.95 Å². The summed E-state index contributed by atoms with van der Waals surface area (Å²) < 4.78 is 4.79. The lowest BCUT2D eigenvalue weighted by Gasteiger charge is -2.40. The SMILES string of the molecule is c1ccc([Si](c2ccccc2)(c2ccccc2)c2cccc(-c3cc(-c4cccc([Si]5(c6ccccc6)c6ccccc6-n6c7ccccc7c7cccc5c76)c4)nc(-n4c5ccccc5c5ccccc54)n3)c2)cc1. The van der Waals surface area contributed by atoms with Crippen LogP contribution in [-0.4, -0.2) is 35.2 Å². The van der Waals surface area contributed by atoms with Gasteiger partial charge in [0.25, 0.3) is 0 Å². The molecule has 0 amide bonds. The fraction of sp³-hybridized carbons (Fsp3) is 0. The van der Waals surface area contributed by atoms with Crippen molar-refractivity contribution in [3.05, 3.63) is 291 Å². The number of para-hydroxylation sites is 5. The van der Waals surface area contributed by atoms with Gasteiger partial charge in [-0.1, -0.05) is 261 Å². The van der Waals surface area contributed by atoms with E-state index >= 15 is 0 Å². The minimum Gasteiger partial charge on any atom is -0.309 e. The predicted octanol–water partition coefficient (Wildman–Crippen LogP) is 11.1. The van der Waals surface area contributed by atoms with E-state index in [1.807, 2.05) is 0 Å². The number of nitrogens with zero attached hydrogens (tertiary/aromatic N) is 4. The van der Waals surface area contributed by atoms with E-state index in [4.69, 9.17) is 9.97 Å². The minimum absolute atomic E-state index is 0.630. The monoisotopic (exact) mass is 1000 g/mol. The Morgan fingerprint density at radius 2 is 0.724 bits per heavy atom. The average molecular weight is 1000 g/mol. The molecule has 0 radical (unpaired) electrons. The maximum atomic E-state index is 5.69. The number of hydrogen-bond donors (Lipinski definition) is 0. The first-order valence-corrected chi connectivity index (χ1v) is 30.2. The van der Waals surface area contributed by atoms with Crippen LogP contribution in [0.5, 0.6) is 0 Å². The highest BCUT2D eigenvalue weighted by Crippen LogP contribution is 2.37. The van der Waals surface area contributed by atoms with Gasteiger partial charge in [-0.25, -0.2) is 9.97 Å². The molecule has 0 fully saturated rings. The Balaban J connectivity index is 1.00. The van der Waals surface area contributed by atoms with E-state index in [1.54, 1.807) is 0 Å². The number of rotatable bonds is 9. The molecule has 4 heterocycles. The number of aromatic nitrogens is 4. The van der Waals surface area contributed by atoms with Crippen LogP contribution in [0.15, 0.2) is 291 Å². The Bertz CT molecular complexity index is 4380. The van der Waals surface area contributed by atoms with Crippen molar-refractivity contribution in [3.63, 3.8) is 0 Å². The average Bonchev–Trinajstić information content (AvgIpc) is 4.04. The Hall–Kier alpha value is -9.47. The summed E-state index contributed by atoms with van der Waals surface area (Å²) in [6.45, 7) is 0. The van der Waals surface area contributed by atoms with Crippen LogP contribution in [0.25, 0.3) is 77.8 Å². The van der Waals surface area contributed by atoms with Crippen LogP contribution < -0.4 is 41.5 Å². The van der Waals surface area contributed by atoms with Crippen LogP contribution in [0.4, 0.5) is 0 Å². The smallest absolute Gasteiger partial charge is 0.235 e. The highest BCUT2D eigenvalue weighted by molar-refractivity contribution is 7.21. The normalized spacial score (nSPS) is 14.1. The maximum absolute atomic E-state index is 5.69. The predicted molar refractivity (Wildman–Crippen MR) is 322 cm³/mol. The first-order chi connectivity index (χ1) is 37.7. The molecule has 3 aromatic heterocycles. The second kappa shape index (κ2) is 17.6. The second-order valence-electron chi connectivity index (χ2n) is 20.0. The second-order valence-corrected chi connectivity index (χ2v) is 27.5. The number of benzene rings is 11. The molecule has 76 heavy (non-hydrogen) atoms. The molecule has 0 aliphatic carbocycles. The Morgan fingerprint density at radius 1 is 0.303 bits per heavy atom. The lowest BCUT2D eigenvalue weighted by atomic mass is 10.1. The molecule has 0 N–H and O–H groups in total. The van der Waals surface area contributed by atoms with Crippen molar-refractivity contribution in [1.82, 2.24) is 19.1 Å². The van der Waals surface area contributed by atoms with Gasteiger partial charge in [0.1, 0.15) is 0 Å². The molecule has 15 rings (SSSR count). The minimum atomic E-state index is -3.04. The zero-order chi connectivity index (χ0) is 50.2. The van der Waals surface area contributed by atoms with Crippen molar-refractivity contribution in [1.29, 1.82) is 0 Å². The fourth-order valence-electron chi connectivity index (χ4n) is 13.0. The third kappa shape index (κ3) is 6.48. The summed E-state index contributed by atoms with van der Waals surface area (Å²) in [6, 6.07) is 108. The van der Waals surface area contributed by atoms with Gasteiger partial charge in [-0.15, -0.1) is 0 Å². The van der Waals surface area contributed by atoms with Gasteiger partial charge in [0.15, 0.2) is 16.1 Å². The van der Waals surface area contributed by atoms with Crippen molar-refractivity contribution in [3.8, 4) is 34.2 Å². The standard InChI is InChI=1S/C70H48N4Si2/c1-5-26-51(27-6-1)75(52-28-7-2-8-29-52,53-30-9-3-10-31-53)55-34-21-24-49(46-55)61-48-62(72-70(71-61)74-64-41-17-13-36-57(64)58-37-14-18-42-65(58)74)50-25-22-35-56(47-50)76(54-32-11-4-12-33-54)67-44-20-19-43-66(67)73-63-40-16-15-38-59(63)60-39-23-45-68(76)69(60)73/h1-48H. The summed E-state index contributed by atoms with van der Waals surface area (Å²) in [5.74, 6) is 0.630. The highest BCUT2D eigenvalue weighted by Gasteiger charge is 2.48. The summed E-state index contributed by atoms with van der Waals surface area (Å²) in [7, 11) is -5.92. The quantitative estimate of drug-likeness (QED) is 0.107. The first-order valence-electron chi connectivity index (χ1n) is 26.2. The topological polar surface area (TPSA) is 35.6 Å². The van der Waals surface area contributed by atoms with E-state index in [0.29, 0.717) is 5.95 Å². The van der Waals surface area contributed by atoms with Gasteiger partial charge >= 0.3 is 0 Å². The van der Waals surface area contributed by atoms with Gasteiger partial charge in [-0.3, -0.25) is 4.57 Å². The molecule has 0 saturated carbocycles. The van der Waals surface area contributed by atoms with Crippen LogP contribution in [0.2, 0.25) is 0 Å². The van der Waals surface area contributed by atoms with Crippen LogP contribution in [-0.2, 0) is 0 Å². The summed E-state index contributed by atoms with van der Waals surface area (Å²) in [6.07, 6.45) is 0. The lowest BCUT2D eigenvalue weighted by molar-refractivity contribution is 0.996. The van der Waals surface area contributed by atoms with Crippen molar-refractivity contribution in [2.24, 2.45) is 0 Å². The van der Waals surface area contributed by atoms with Crippen LogP contribution in [0.3, 0.4) is 0 Å². The maximum Gasteiger partial charge on any atom is 0.235 e. The molecular formula is C70H48N4Si2. The van der Waals surface area contributed by atoms with Crippen molar-refractivity contribution >= 4 is 101 Å². The molecule has 1 aliphatic rings. The molecule has 1 atom stereocenters. The number of fused-ring (bicyclic) bond motifs is 8. The first kappa shape index (κ1) is 44.1. The van der Waals surface area contributed by atoms with Gasteiger partial charge in [0.05, 0.1) is 33.5 Å². The molecule has 0 bridgehead atoms. The Morgan fingerprint density at radius 3 is 1.33 bits per heavy atom. The molecule has 4 nitrogen and oxygen atoms in total. The van der Waals surface area contributed by atoms with Gasteiger partial charge in [-0.2, -0.15) is 0 Å². The van der Waals surface area contributed by atoms with Gasteiger partial charge in [0, 0.05) is 38.4 Å². The largest absolute Gasteiger partial charge is 0.309 e. The van der Waals surface area contributed by atoms with Crippen molar-refractivity contribution < 1.29 is 0 Å². The molecular weight excluding hydrogens is 953 g/mol. The summed E-state index contributed by atoms with van der Waals surface area (Å²) in [5, 5.41) is 15.6.